The first kappa shape index (κ1) is 24.9. The van der Waals surface area contributed by atoms with Crippen LogP contribution >= 0.6 is 11.3 Å². The number of amides is 1. The van der Waals surface area contributed by atoms with Gasteiger partial charge in [-0.25, -0.2) is 4.98 Å². The molecule has 2 N–H and O–H groups in total. The molecular formula is C32H31N5OS. The molecule has 3 aromatic heterocycles. The number of nitrogens with one attached hydrogen (secondary N) is 2. The van der Waals surface area contributed by atoms with Crippen molar-refractivity contribution in [2.24, 2.45) is 0 Å². The molecule has 0 radical (unpaired) electrons. The number of carbonyl (C=O) groups is 1. The van der Waals surface area contributed by atoms with Crippen molar-refractivity contribution in [2.45, 2.75) is 25.3 Å². The minimum absolute atomic E-state index is 0.0467. The fraction of sp³-hybridized carbons (Fsp3) is 0.188. The molecule has 0 unspecified atom stereocenters. The Morgan fingerprint density at radius 3 is 2.67 bits per heavy atom. The van der Waals surface area contributed by atoms with Crippen molar-refractivity contribution in [2.75, 3.05) is 13.1 Å². The largest absolute Gasteiger partial charge is 0.370 e. The van der Waals surface area contributed by atoms with E-state index in [1.165, 1.54) is 22.5 Å². The first-order valence-electron chi connectivity index (χ1n) is 13.2. The molecular weight excluding hydrogens is 502 g/mol. The van der Waals surface area contributed by atoms with Gasteiger partial charge in [0.05, 0.1) is 16.4 Å². The fourth-order valence-electron chi connectivity index (χ4n) is 5.44. The Balaban J connectivity index is 1.32. The van der Waals surface area contributed by atoms with Gasteiger partial charge in [0.15, 0.2) is 0 Å². The molecule has 6 rings (SSSR count). The zero-order valence-corrected chi connectivity index (χ0v) is 22.6. The molecule has 5 aromatic rings. The van der Waals surface area contributed by atoms with Crippen LogP contribution in [-0.4, -0.2) is 44.5 Å². The van der Waals surface area contributed by atoms with Gasteiger partial charge in [0.25, 0.3) is 5.91 Å². The predicted molar refractivity (Wildman–Crippen MR) is 161 cm³/mol. The van der Waals surface area contributed by atoms with Crippen LogP contribution in [0.1, 0.15) is 33.6 Å². The second-order valence-corrected chi connectivity index (χ2v) is 11.0. The van der Waals surface area contributed by atoms with E-state index in [0.29, 0.717) is 10.4 Å². The smallest absolute Gasteiger partial charge is 0.263 e. The van der Waals surface area contributed by atoms with Crippen LogP contribution in [0.25, 0.3) is 33.5 Å². The average molecular weight is 534 g/mol. The highest BCUT2D eigenvalue weighted by atomic mass is 32.1. The third-order valence-corrected chi connectivity index (χ3v) is 8.50. The number of nitrogens with zero attached hydrogens (tertiary/aromatic N) is 3. The first-order chi connectivity index (χ1) is 19.0. The molecule has 1 aliphatic heterocycles. The number of rotatable bonds is 7. The zero-order valence-electron chi connectivity index (χ0n) is 21.8. The lowest BCUT2D eigenvalue weighted by Crippen LogP contribution is -2.46. The van der Waals surface area contributed by atoms with Gasteiger partial charge in [0.2, 0.25) is 0 Å². The molecule has 1 amide bonds. The number of allylic oxidation sites excluding steroid dienone is 1. The van der Waals surface area contributed by atoms with Crippen LogP contribution in [0.3, 0.4) is 0 Å². The van der Waals surface area contributed by atoms with Crippen molar-refractivity contribution in [3.05, 3.63) is 113 Å². The first-order valence-corrected chi connectivity index (χ1v) is 14.0. The third kappa shape index (κ3) is 4.81. The molecule has 1 saturated heterocycles. The Morgan fingerprint density at radius 1 is 1.13 bits per heavy atom. The van der Waals surface area contributed by atoms with Crippen LogP contribution in [0.2, 0.25) is 0 Å². The number of likely N-dealkylation sites (tertiary alicyclic amines) is 1. The Bertz CT molecular complexity index is 1740. The number of carbonyl (C=O) groups excluding carboxylic acids is 1. The van der Waals surface area contributed by atoms with E-state index in [0.717, 1.165) is 65.0 Å². The molecule has 1 fully saturated rings. The summed E-state index contributed by atoms with van der Waals surface area (Å²) in [5.41, 5.74) is 6.87. The van der Waals surface area contributed by atoms with E-state index in [4.69, 9.17) is 0 Å². The number of piperidine rings is 1. The van der Waals surface area contributed by atoms with Crippen LogP contribution in [0.5, 0.6) is 0 Å². The molecule has 7 heteroatoms. The summed E-state index contributed by atoms with van der Waals surface area (Å²) < 4.78 is 2.09. The summed E-state index contributed by atoms with van der Waals surface area (Å²) in [6, 6.07) is 21.1. The van der Waals surface area contributed by atoms with Gasteiger partial charge in [-0.05, 0) is 54.7 Å². The summed E-state index contributed by atoms with van der Waals surface area (Å²) in [5.74, 6) is -0.0889. The van der Waals surface area contributed by atoms with Gasteiger partial charge >= 0.3 is 0 Å². The monoisotopic (exact) mass is 533 g/mol. The van der Waals surface area contributed by atoms with E-state index in [1.807, 2.05) is 12.1 Å². The molecule has 6 nitrogen and oxygen atoms in total. The molecule has 0 bridgehead atoms. The Hall–Kier alpha value is -4.36. The van der Waals surface area contributed by atoms with Crippen molar-refractivity contribution in [3.8, 4) is 5.69 Å². The van der Waals surface area contributed by atoms with Gasteiger partial charge in [-0.2, -0.15) is 0 Å². The lowest BCUT2D eigenvalue weighted by Gasteiger charge is -2.34. The van der Waals surface area contributed by atoms with Gasteiger partial charge in [0, 0.05) is 36.7 Å². The van der Waals surface area contributed by atoms with Crippen molar-refractivity contribution >= 4 is 45.1 Å². The lowest BCUT2D eigenvalue weighted by atomic mass is 10.0. The average Bonchev–Trinajstić information content (AvgIpc) is 3.33. The van der Waals surface area contributed by atoms with Gasteiger partial charge in [0.1, 0.15) is 15.2 Å². The number of thiophene rings is 1. The summed E-state index contributed by atoms with van der Waals surface area (Å²) in [4.78, 5) is 25.2. The summed E-state index contributed by atoms with van der Waals surface area (Å²) >= 11 is 1.41. The molecule has 1 atom stereocenters. The fourth-order valence-corrected chi connectivity index (χ4v) is 6.47. The van der Waals surface area contributed by atoms with E-state index in [-0.39, 0.29) is 11.9 Å². The predicted octanol–water partition coefficient (Wildman–Crippen LogP) is 5.74. The highest BCUT2D eigenvalue weighted by molar-refractivity contribution is 7.21. The van der Waals surface area contributed by atoms with Gasteiger partial charge < -0.3 is 15.2 Å². The SMILES string of the molecule is C=CC(=C)N1CCC[C@@H](NC(=O)c2sc3nccc4c3c2[nH]c(=C)n4-c2ccc(Cc3ccccc3)cc2)C1. The summed E-state index contributed by atoms with van der Waals surface area (Å²) in [6.07, 6.45) is 6.38. The minimum Gasteiger partial charge on any atom is -0.370 e. The Kier molecular flexibility index (Phi) is 6.67. The zero-order chi connectivity index (χ0) is 26.9. The van der Waals surface area contributed by atoms with Crippen LogP contribution in [0, 0.1) is 0 Å². The van der Waals surface area contributed by atoms with Crippen LogP contribution < -0.4 is 10.8 Å². The van der Waals surface area contributed by atoms with E-state index < -0.39 is 0 Å². The van der Waals surface area contributed by atoms with Gasteiger partial charge in [-0.3, -0.25) is 9.36 Å². The van der Waals surface area contributed by atoms with Crippen molar-refractivity contribution in [1.29, 1.82) is 0 Å². The van der Waals surface area contributed by atoms with Crippen LogP contribution in [0.15, 0.2) is 91.8 Å². The normalized spacial score (nSPS) is 15.5. The number of H-pyrrole nitrogens is 1. The molecule has 39 heavy (non-hydrogen) atoms. The topological polar surface area (TPSA) is 66.0 Å². The van der Waals surface area contributed by atoms with E-state index in [9.17, 15) is 4.79 Å². The van der Waals surface area contributed by atoms with E-state index >= 15 is 0 Å². The van der Waals surface area contributed by atoms with Crippen molar-refractivity contribution < 1.29 is 4.79 Å². The maximum absolute atomic E-state index is 13.5. The number of hydrogen-bond donors (Lipinski definition) is 2. The third-order valence-electron chi connectivity index (χ3n) is 7.40. The molecule has 0 saturated carbocycles. The van der Waals surface area contributed by atoms with Crippen LogP contribution in [-0.2, 0) is 6.42 Å². The van der Waals surface area contributed by atoms with Crippen molar-refractivity contribution in [1.82, 2.24) is 24.8 Å². The number of aromatic nitrogens is 3. The Labute approximate surface area is 231 Å². The second-order valence-electron chi connectivity index (χ2n) is 10.0. The number of hydrogen-bond acceptors (Lipinski definition) is 4. The highest BCUT2D eigenvalue weighted by Gasteiger charge is 2.25. The number of aromatic amines is 1. The van der Waals surface area contributed by atoms with Crippen LogP contribution in [0.4, 0.5) is 0 Å². The summed E-state index contributed by atoms with van der Waals surface area (Å²) in [5, 5.41) is 4.19. The van der Waals surface area contributed by atoms with E-state index in [1.54, 1.807) is 12.3 Å². The number of benzene rings is 2. The molecule has 1 aliphatic rings. The minimum atomic E-state index is -0.0889. The van der Waals surface area contributed by atoms with E-state index in [2.05, 4.69) is 93.0 Å². The van der Waals surface area contributed by atoms with Gasteiger partial charge in [-0.15, -0.1) is 11.3 Å². The summed E-state index contributed by atoms with van der Waals surface area (Å²) in [6.45, 7) is 13.9. The maximum atomic E-state index is 13.5. The Morgan fingerprint density at radius 2 is 1.90 bits per heavy atom. The highest BCUT2D eigenvalue weighted by Crippen LogP contribution is 2.33. The second kappa shape index (κ2) is 10.4. The molecule has 196 valence electrons. The maximum Gasteiger partial charge on any atom is 0.263 e. The molecule has 0 spiro atoms. The van der Waals surface area contributed by atoms with Crippen molar-refractivity contribution in [3.63, 3.8) is 0 Å². The lowest BCUT2D eigenvalue weighted by molar-refractivity contribution is 0.0920. The molecule has 4 heterocycles. The standard InChI is InChI=1S/C32H31N5OS/c1-4-21(2)36-18-8-11-25(20-36)35-31(38)30-29-28-27(16-17-33-32(28)39-30)37(22(3)34-29)26-14-12-24(13-15-26)19-23-9-6-5-7-10-23/h4-7,9-10,12-17,25,34H,1-3,8,11,18-20H2,(H,35,38)/t25-/m1/s1. The molecule has 0 aliphatic carbocycles. The summed E-state index contributed by atoms with van der Waals surface area (Å²) in [7, 11) is 0. The quantitative estimate of drug-likeness (QED) is 0.262. The van der Waals surface area contributed by atoms with Gasteiger partial charge in [-0.1, -0.05) is 62.2 Å². The number of pyridine rings is 1. The molecule has 2 aromatic carbocycles.